The Hall–Kier alpha value is -1.67. The van der Waals surface area contributed by atoms with Gasteiger partial charge in [0.15, 0.2) is 0 Å². The van der Waals surface area contributed by atoms with Crippen LogP contribution in [-0.2, 0) is 10.0 Å². The predicted molar refractivity (Wildman–Crippen MR) is 95.4 cm³/mol. The van der Waals surface area contributed by atoms with Crippen LogP contribution >= 0.6 is 23.2 Å². The lowest BCUT2D eigenvalue weighted by Crippen LogP contribution is -2.50. The maximum Gasteiger partial charge on any atom is 0.255 e. The summed E-state index contributed by atoms with van der Waals surface area (Å²) >= 11 is 12.0. The molecule has 0 atom stereocenters. The van der Waals surface area contributed by atoms with Crippen LogP contribution in [0.2, 0.25) is 10.0 Å². The number of amides is 1. The molecule has 2 heterocycles. The normalized spacial score (nSPS) is 16.0. The van der Waals surface area contributed by atoms with E-state index in [0.29, 0.717) is 18.7 Å². The molecular weight excluding hydrogens is 385 g/mol. The predicted octanol–water partition coefficient (Wildman–Crippen LogP) is 2.54. The Kier molecular flexibility index (Phi) is 5.29. The van der Waals surface area contributed by atoms with E-state index in [1.807, 2.05) is 0 Å². The Labute approximate surface area is 156 Å². The fourth-order valence-corrected chi connectivity index (χ4v) is 4.78. The van der Waals surface area contributed by atoms with Gasteiger partial charge in [-0.2, -0.15) is 4.31 Å². The first-order valence-electron chi connectivity index (χ1n) is 7.55. The average Bonchev–Trinajstić information content (AvgIpc) is 2.64. The molecule has 1 fully saturated rings. The highest BCUT2D eigenvalue weighted by atomic mass is 35.5. The van der Waals surface area contributed by atoms with E-state index in [0.717, 1.165) is 0 Å². The fraction of sp³-hybridized carbons (Fsp3) is 0.250. The van der Waals surface area contributed by atoms with Gasteiger partial charge in [-0.3, -0.25) is 9.78 Å². The third-order valence-corrected chi connectivity index (χ3v) is 6.84. The third kappa shape index (κ3) is 3.64. The molecule has 1 amide bonds. The number of pyridine rings is 1. The zero-order valence-corrected chi connectivity index (χ0v) is 15.4. The molecule has 3 rings (SSSR count). The van der Waals surface area contributed by atoms with Crippen molar-refractivity contribution in [2.24, 2.45) is 0 Å². The first kappa shape index (κ1) is 18.1. The quantitative estimate of drug-likeness (QED) is 0.794. The number of rotatable bonds is 3. The topological polar surface area (TPSA) is 70.6 Å². The van der Waals surface area contributed by atoms with Crippen LogP contribution in [-0.4, -0.2) is 54.7 Å². The second-order valence-electron chi connectivity index (χ2n) is 5.49. The molecule has 2 aromatic rings. The van der Waals surface area contributed by atoms with Gasteiger partial charge < -0.3 is 4.90 Å². The van der Waals surface area contributed by atoms with Crippen LogP contribution < -0.4 is 0 Å². The van der Waals surface area contributed by atoms with E-state index in [1.54, 1.807) is 29.3 Å². The molecule has 1 aliphatic rings. The van der Waals surface area contributed by atoms with E-state index in [2.05, 4.69) is 4.98 Å². The zero-order valence-electron chi connectivity index (χ0n) is 13.1. The molecule has 0 aliphatic carbocycles. The molecule has 9 heteroatoms. The van der Waals surface area contributed by atoms with E-state index in [9.17, 15) is 13.2 Å². The van der Waals surface area contributed by atoms with Crippen molar-refractivity contribution in [2.45, 2.75) is 4.90 Å². The number of carbonyl (C=O) groups is 1. The summed E-state index contributed by atoms with van der Waals surface area (Å²) in [6.45, 7) is 0.977. The summed E-state index contributed by atoms with van der Waals surface area (Å²) in [6, 6.07) is 7.88. The highest BCUT2D eigenvalue weighted by Gasteiger charge is 2.32. The summed E-state index contributed by atoms with van der Waals surface area (Å²) in [6.07, 6.45) is 3.09. The lowest BCUT2D eigenvalue weighted by atomic mass is 10.2. The standard InChI is InChI=1S/C16H15Cl2N3O3S/c17-13-4-1-5-14(15(13)18)25(23,24)21-9-7-20(8-10-21)16(22)12-3-2-6-19-11-12/h1-6,11H,7-10H2. The van der Waals surface area contributed by atoms with E-state index in [4.69, 9.17) is 23.2 Å². The maximum atomic E-state index is 12.8. The number of benzene rings is 1. The molecule has 25 heavy (non-hydrogen) atoms. The van der Waals surface area contributed by atoms with Gasteiger partial charge in [-0.1, -0.05) is 29.3 Å². The summed E-state index contributed by atoms with van der Waals surface area (Å²) in [5, 5.41) is 0.200. The van der Waals surface area contributed by atoms with Crippen molar-refractivity contribution < 1.29 is 13.2 Å². The summed E-state index contributed by atoms with van der Waals surface area (Å²) in [4.78, 5) is 17.9. The Balaban J connectivity index is 1.74. The maximum absolute atomic E-state index is 12.8. The molecule has 1 saturated heterocycles. The van der Waals surface area contributed by atoms with Gasteiger partial charge in [0.05, 0.1) is 15.6 Å². The number of sulfonamides is 1. The largest absolute Gasteiger partial charge is 0.336 e. The van der Waals surface area contributed by atoms with Crippen molar-refractivity contribution >= 4 is 39.1 Å². The smallest absolute Gasteiger partial charge is 0.255 e. The Morgan fingerprint density at radius 1 is 1.04 bits per heavy atom. The molecular formula is C16H15Cl2N3O3S. The van der Waals surface area contributed by atoms with Crippen LogP contribution in [0.4, 0.5) is 0 Å². The lowest BCUT2D eigenvalue weighted by molar-refractivity contribution is 0.0697. The van der Waals surface area contributed by atoms with Crippen LogP contribution in [0, 0.1) is 0 Å². The molecule has 1 aromatic heterocycles. The summed E-state index contributed by atoms with van der Waals surface area (Å²) in [5.41, 5.74) is 0.483. The van der Waals surface area contributed by atoms with Gasteiger partial charge in [0.25, 0.3) is 5.91 Å². The van der Waals surface area contributed by atoms with Crippen molar-refractivity contribution in [3.63, 3.8) is 0 Å². The van der Waals surface area contributed by atoms with Crippen molar-refractivity contribution in [1.82, 2.24) is 14.2 Å². The van der Waals surface area contributed by atoms with Gasteiger partial charge in [-0.05, 0) is 24.3 Å². The molecule has 132 valence electrons. The van der Waals surface area contributed by atoms with E-state index in [1.165, 1.54) is 22.6 Å². The van der Waals surface area contributed by atoms with Crippen LogP contribution in [0.25, 0.3) is 0 Å². The summed E-state index contributed by atoms with van der Waals surface area (Å²) in [7, 11) is -3.76. The lowest BCUT2D eigenvalue weighted by Gasteiger charge is -2.34. The molecule has 0 unspecified atom stereocenters. The molecule has 0 radical (unpaired) electrons. The monoisotopic (exact) mass is 399 g/mol. The Morgan fingerprint density at radius 2 is 1.76 bits per heavy atom. The van der Waals surface area contributed by atoms with Gasteiger partial charge in [0, 0.05) is 38.6 Å². The molecule has 1 aromatic carbocycles. The second-order valence-corrected chi connectivity index (χ2v) is 8.18. The molecule has 0 saturated carbocycles. The first-order chi connectivity index (χ1) is 11.9. The molecule has 0 spiro atoms. The minimum absolute atomic E-state index is 0.0121. The summed E-state index contributed by atoms with van der Waals surface area (Å²) in [5.74, 6) is -0.161. The van der Waals surface area contributed by atoms with Gasteiger partial charge in [0.2, 0.25) is 10.0 Å². The van der Waals surface area contributed by atoms with Crippen molar-refractivity contribution in [3.05, 3.63) is 58.3 Å². The van der Waals surface area contributed by atoms with Gasteiger partial charge in [-0.25, -0.2) is 8.42 Å². The minimum atomic E-state index is -3.76. The zero-order chi connectivity index (χ0) is 18.0. The number of piperazine rings is 1. The second kappa shape index (κ2) is 7.29. The van der Waals surface area contributed by atoms with Gasteiger partial charge >= 0.3 is 0 Å². The number of aromatic nitrogens is 1. The highest BCUT2D eigenvalue weighted by Crippen LogP contribution is 2.31. The van der Waals surface area contributed by atoms with E-state index in [-0.39, 0.29) is 33.9 Å². The average molecular weight is 400 g/mol. The minimum Gasteiger partial charge on any atom is -0.336 e. The van der Waals surface area contributed by atoms with Crippen molar-refractivity contribution in [2.75, 3.05) is 26.2 Å². The van der Waals surface area contributed by atoms with Crippen molar-refractivity contribution in [3.8, 4) is 0 Å². The number of hydrogen-bond donors (Lipinski definition) is 0. The molecule has 0 bridgehead atoms. The number of hydrogen-bond acceptors (Lipinski definition) is 4. The Bertz CT molecular complexity index is 883. The van der Waals surface area contributed by atoms with Crippen LogP contribution in [0.5, 0.6) is 0 Å². The summed E-state index contributed by atoms with van der Waals surface area (Å²) < 4.78 is 26.9. The van der Waals surface area contributed by atoms with Gasteiger partial charge in [-0.15, -0.1) is 0 Å². The molecule has 1 aliphatic heterocycles. The Morgan fingerprint density at radius 3 is 2.40 bits per heavy atom. The van der Waals surface area contributed by atoms with E-state index >= 15 is 0 Å². The fourth-order valence-electron chi connectivity index (χ4n) is 2.63. The van der Waals surface area contributed by atoms with Crippen LogP contribution in [0.3, 0.4) is 0 Å². The first-order valence-corrected chi connectivity index (χ1v) is 9.74. The SMILES string of the molecule is O=C(c1cccnc1)N1CCN(S(=O)(=O)c2cccc(Cl)c2Cl)CC1. The van der Waals surface area contributed by atoms with Crippen LogP contribution in [0.15, 0.2) is 47.6 Å². The number of halogens is 2. The number of nitrogens with zero attached hydrogens (tertiary/aromatic N) is 3. The van der Waals surface area contributed by atoms with Crippen molar-refractivity contribution in [1.29, 1.82) is 0 Å². The van der Waals surface area contributed by atoms with Crippen LogP contribution in [0.1, 0.15) is 10.4 Å². The molecule has 6 nitrogen and oxygen atoms in total. The third-order valence-electron chi connectivity index (χ3n) is 3.97. The highest BCUT2D eigenvalue weighted by molar-refractivity contribution is 7.89. The molecule has 0 N–H and O–H groups in total. The number of carbonyl (C=O) groups excluding carboxylic acids is 1. The van der Waals surface area contributed by atoms with Gasteiger partial charge in [0.1, 0.15) is 4.90 Å². The van der Waals surface area contributed by atoms with E-state index < -0.39 is 10.0 Å².